The topological polar surface area (TPSA) is 94.2 Å². The molecule has 0 aliphatic carbocycles. The second kappa shape index (κ2) is 8.20. The fraction of sp³-hybridized carbons (Fsp3) is 0.200. The van der Waals surface area contributed by atoms with Gasteiger partial charge in [-0.1, -0.05) is 18.2 Å². The van der Waals surface area contributed by atoms with Gasteiger partial charge in [-0.25, -0.2) is 0 Å². The van der Waals surface area contributed by atoms with Gasteiger partial charge in [0, 0.05) is 42.2 Å². The first-order chi connectivity index (χ1) is 12.6. The van der Waals surface area contributed by atoms with Gasteiger partial charge in [0.15, 0.2) is 0 Å². The van der Waals surface area contributed by atoms with Gasteiger partial charge in [0.25, 0.3) is 5.91 Å². The predicted molar refractivity (Wildman–Crippen MR) is 100 cm³/mol. The number of para-hydroxylation sites is 1. The van der Waals surface area contributed by atoms with Crippen LogP contribution in [0.1, 0.15) is 22.3 Å². The number of phenols is 1. The molecule has 0 aliphatic heterocycles. The van der Waals surface area contributed by atoms with Crippen LogP contribution in [0.2, 0.25) is 0 Å². The molecule has 0 radical (unpaired) electrons. The monoisotopic (exact) mass is 351 g/mol. The fourth-order valence-electron chi connectivity index (χ4n) is 2.77. The van der Waals surface area contributed by atoms with Gasteiger partial charge in [-0.05, 0) is 42.3 Å². The molecule has 0 spiro atoms. The van der Waals surface area contributed by atoms with Gasteiger partial charge in [0.1, 0.15) is 5.75 Å². The highest BCUT2D eigenvalue weighted by atomic mass is 16.3. The Morgan fingerprint density at radius 3 is 2.50 bits per heavy atom. The molecule has 0 aliphatic rings. The lowest BCUT2D eigenvalue weighted by Crippen LogP contribution is -2.34. The summed E-state index contributed by atoms with van der Waals surface area (Å²) in [5.74, 6) is -0.170. The molecule has 6 nitrogen and oxygen atoms in total. The molecule has 3 rings (SSSR count). The quantitative estimate of drug-likeness (QED) is 0.492. The number of hydrogen-bond donors (Lipinski definition) is 4. The summed E-state index contributed by atoms with van der Waals surface area (Å²) in [6.45, 7) is 0.717. The van der Waals surface area contributed by atoms with Gasteiger partial charge in [-0.3, -0.25) is 9.59 Å². The van der Waals surface area contributed by atoms with E-state index in [-0.39, 0.29) is 17.6 Å². The molecule has 134 valence electrons. The van der Waals surface area contributed by atoms with E-state index in [1.54, 1.807) is 12.1 Å². The van der Waals surface area contributed by atoms with Crippen molar-refractivity contribution in [3.63, 3.8) is 0 Å². The number of aromatic nitrogens is 1. The fourth-order valence-corrected chi connectivity index (χ4v) is 2.77. The van der Waals surface area contributed by atoms with Crippen LogP contribution < -0.4 is 10.6 Å². The first-order valence-corrected chi connectivity index (χ1v) is 8.52. The van der Waals surface area contributed by atoms with Gasteiger partial charge in [0.2, 0.25) is 5.91 Å². The van der Waals surface area contributed by atoms with E-state index in [0.29, 0.717) is 31.5 Å². The van der Waals surface area contributed by atoms with Crippen LogP contribution in [0.5, 0.6) is 5.75 Å². The minimum Gasteiger partial charge on any atom is -0.508 e. The first kappa shape index (κ1) is 17.5. The van der Waals surface area contributed by atoms with E-state index in [1.165, 1.54) is 12.1 Å². The third-order valence-corrected chi connectivity index (χ3v) is 4.16. The van der Waals surface area contributed by atoms with Crippen LogP contribution in [0.4, 0.5) is 0 Å². The third kappa shape index (κ3) is 4.42. The molecule has 1 aromatic heterocycles. The van der Waals surface area contributed by atoms with Gasteiger partial charge >= 0.3 is 0 Å². The number of nitrogens with one attached hydrogen (secondary N) is 3. The van der Waals surface area contributed by atoms with Crippen LogP contribution >= 0.6 is 0 Å². The number of rotatable bonds is 7. The van der Waals surface area contributed by atoms with Gasteiger partial charge in [0.05, 0.1) is 0 Å². The number of carbonyl (C=O) groups excluding carboxylic acids is 2. The van der Waals surface area contributed by atoms with Gasteiger partial charge in [-0.2, -0.15) is 0 Å². The van der Waals surface area contributed by atoms with Crippen LogP contribution in [0.15, 0.2) is 54.7 Å². The lowest BCUT2D eigenvalue weighted by Gasteiger charge is -2.07. The maximum atomic E-state index is 12.0. The molecule has 4 N–H and O–H groups in total. The van der Waals surface area contributed by atoms with Crippen LogP contribution in [-0.4, -0.2) is 35.0 Å². The first-order valence-electron chi connectivity index (χ1n) is 8.52. The largest absolute Gasteiger partial charge is 0.508 e. The summed E-state index contributed by atoms with van der Waals surface area (Å²) in [7, 11) is 0. The van der Waals surface area contributed by atoms with Crippen molar-refractivity contribution in [2.24, 2.45) is 0 Å². The minimum atomic E-state index is -0.238. The zero-order valence-electron chi connectivity index (χ0n) is 14.3. The second-order valence-electron chi connectivity index (χ2n) is 6.01. The zero-order chi connectivity index (χ0) is 18.4. The average Bonchev–Trinajstić information content (AvgIpc) is 3.07. The summed E-state index contributed by atoms with van der Waals surface area (Å²) in [5.41, 5.74) is 2.66. The number of H-pyrrole nitrogens is 1. The number of aryl methyl sites for hydroxylation is 1. The van der Waals surface area contributed by atoms with E-state index >= 15 is 0 Å². The Morgan fingerprint density at radius 2 is 1.69 bits per heavy atom. The number of aromatic amines is 1. The van der Waals surface area contributed by atoms with E-state index in [0.717, 1.165) is 16.5 Å². The second-order valence-corrected chi connectivity index (χ2v) is 6.01. The molecule has 0 bridgehead atoms. The maximum absolute atomic E-state index is 12.0. The van der Waals surface area contributed by atoms with Crippen molar-refractivity contribution in [1.29, 1.82) is 0 Å². The van der Waals surface area contributed by atoms with Crippen molar-refractivity contribution in [2.45, 2.75) is 12.8 Å². The number of carbonyl (C=O) groups is 2. The van der Waals surface area contributed by atoms with Crippen molar-refractivity contribution in [2.75, 3.05) is 13.1 Å². The molecule has 0 saturated heterocycles. The summed E-state index contributed by atoms with van der Waals surface area (Å²) in [6, 6.07) is 14.0. The molecule has 2 aromatic carbocycles. The van der Waals surface area contributed by atoms with E-state index in [4.69, 9.17) is 0 Å². The van der Waals surface area contributed by atoms with Crippen molar-refractivity contribution in [3.8, 4) is 5.75 Å². The van der Waals surface area contributed by atoms with Crippen molar-refractivity contribution < 1.29 is 14.7 Å². The number of benzene rings is 2. The van der Waals surface area contributed by atoms with E-state index < -0.39 is 0 Å². The molecule has 0 saturated carbocycles. The molecular formula is C20H21N3O3. The SMILES string of the molecule is O=C(CCc1c[nH]c2ccccc12)NCCNC(=O)c1ccc(O)cc1. The van der Waals surface area contributed by atoms with E-state index in [1.807, 2.05) is 30.5 Å². The Labute approximate surface area is 151 Å². The highest BCUT2D eigenvalue weighted by Gasteiger charge is 2.07. The number of aromatic hydroxyl groups is 1. The predicted octanol–water partition coefficient (Wildman–Crippen LogP) is 2.35. The Balaban J connectivity index is 1.38. The normalized spacial score (nSPS) is 10.6. The smallest absolute Gasteiger partial charge is 0.251 e. The van der Waals surface area contributed by atoms with Gasteiger partial charge < -0.3 is 20.7 Å². The molecule has 2 amide bonds. The number of hydrogen-bond acceptors (Lipinski definition) is 3. The van der Waals surface area contributed by atoms with Crippen LogP contribution in [0.3, 0.4) is 0 Å². The number of phenolic OH excluding ortho intramolecular Hbond substituents is 1. The van der Waals surface area contributed by atoms with Crippen LogP contribution in [-0.2, 0) is 11.2 Å². The standard InChI is InChI=1S/C20H21N3O3/c24-16-8-5-14(6-9-16)20(26)22-12-11-21-19(25)10-7-15-13-23-18-4-2-1-3-17(15)18/h1-6,8-9,13,23-24H,7,10-12H2,(H,21,25)(H,22,26). The Morgan fingerprint density at radius 1 is 0.962 bits per heavy atom. The molecule has 0 unspecified atom stereocenters. The van der Waals surface area contributed by atoms with Crippen molar-refractivity contribution in [1.82, 2.24) is 15.6 Å². The summed E-state index contributed by atoms with van der Waals surface area (Å²) < 4.78 is 0. The van der Waals surface area contributed by atoms with Crippen molar-refractivity contribution >= 4 is 22.7 Å². The maximum Gasteiger partial charge on any atom is 0.251 e. The molecule has 0 atom stereocenters. The molecule has 3 aromatic rings. The number of fused-ring (bicyclic) bond motifs is 1. The summed E-state index contributed by atoms with van der Waals surface area (Å²) in [6.07, 6.45) is 3.00. The Kier molecular flexibility index (Phi) is 5.53. The molecule has 26 heavy (non-hydrogen) atoms. The Bertz CT molecular complexity index is 900. The van der Waals surface area contributed by atoms with E-state index in [9.17, 15) is 14.7 Å². The lowest BCUT2D eigenvalue weighted by molar-refractivity contribution is -0.121. The molecular weight excluding hydrogens is 330 g/mol. The summed E-state index contributed by atoms with van der Waals surface area (Å²) >= 11 is 0. The van der Waals surface area contributed by atoms with Crippen LogP contribution in [0.25, 0.3) is 10.9 Å². The van der Waals surface area contributed by atoms with E-state index in [2.05, 4.69) is 15.6 Å². The highest BCUT2D eigenvalue weighted by Crippen LogP contribution is 2.18. The van der Waals surface area contributed by atoms with Crippen molar-refractivity contribution in [3.05, 3.63) is 65.9 Å². The van der Waals surface area contributed by atoms with Gasteiger partial charge in [-0.15, -0.1) is 0 Å². The summed E-state index contributed by atoms with van der Waals surface area (Å²) in [5, 5.41) is 15.9. The lowest BCUT2D eigenvalue weighted by atomic mass is 10.1. The third-order valence-electron chi connectivity index (χ3n) is 4.16. The minimum absolute atomic E-state index is 0.0471. The Hall–Kier alpha value is -3.28. The average molecular weight is 351 g/mol. The molecule has 1 heterocycles. The zero-order valence-corrected chi connectivity index (χ0v) is 14.3. The highest BCUT2D eigenvalue weighted by molar-refractivity contribution is 5.94. The van der Waals surface area contributed by atoms with Crippen LogP contribution in [0, 0.1) is 0 Å². The summed E-state index contributed by atoms with van der Waals surface area (Å²) in [4.78, 5) is 27.1. The molecule has 6 heteroatoms. The molecule has 0 fully saturated rings. The number of amides is 2.